The molecule has 1 saturated heterocycles. The molecule has 0 spiro atoms. The van der Waals surface area contributed by atoms with Gasteiger partial charge in [-0.3, -0.25) is 9.21 Å². The molecule has 0 saturated carbocycles. The Morgan fingerprint density at radius 2 is 2.23 bits per heavy atom. The van der Waals surface area contributed by atoms with Gasteiger partial charge in [0.1, 0.15) is 11.7 Å². The van der Waals surface area contributed by atoms with Gasteiger partial charge >= 0.3 is 5.97 Å². The fourth-order valence-corrected chi connectivity index (χ4v) is 3.17. The Morgan fingerprint density at radius 3 is 2.82 bits per heavy atom. The average Bonchev–Trinajstić information content (AvgIpc) is 2.44. The largest absolute Gasteiger partial charge is 0.462 e. The van der Waals surface area contributed by atoms with Gasteiger partial charge in [0.25, 0.3) is 5.91 Å². The number of halogens is 1. The van der Waals surface area contributed by atoms with Gasteiger partial charge in [-0.05, 0) is 32.3 Å². The molecule has 0 aliphatic carbocycles. The topological polar surface area (TPSA) is 53.1 Å². The smallest absolute Gasteiger partial charge is 0.345 e. The van der Waals surface area contributed by atoms with Crippen LogP contribution in [0, 0.1) is 0 Å². The number of ether oxygens (including phenoxy) is 1. The fourth-order valence-electron chi connectivity index (χ4n) is 2.85. The minimum absolute atomic E-state index is 0.0104. The summed E-state index contributed by atoms with van der Waals surface area (Å²) in [5.74, 6) is -0.954. The van der Waals surface area contributed by atoms with E-state index < -0.39 is 5.97 Å². The average molecular weight is 328 g/mol. The van der Waals surface area contributed by atoms with Crippen LogP contribution >= 0.6 is 11.8 Å². The van der Waals surface area contributed by atoms with Gasteiger partial charge in [0, 0.05) is 44.3 Å². The number of hydrogen-bond donors (Lipinski definition) is 0. The van der Waals surface area contributed by atoms with Crippen LogP contribution in [0.2, 0.25) is 0 Å². The summed E-state index contributed by atoms with van der Waals surface area (Å²) in [6.07, 6.45) is 4.70. The second kappa shape index (κ2) is 6.60. The molecule has 2 aliphatic heterocycles. The summed E-state index contributed by atoms with van der Waals surface area (Å²) in [5.41, 5.74) is 1.02. The van der Waals surface area contributed by atoms with E-state index in [0.29, 0.717) is 0 Å². The highest BCUT2D eigenvalue weighted by atomic mass is 35.5. The molecule has 0 aromatic carbocycles. The first-order chi connectivity index (χ1) is 10.4. The van der Waals surface area contributed by atoms with Crippen molar-refractivity contribution in [1.82, 2.24) is 14.2 Å². The molecule has 2 unspecified atom stereocenters. The van der Waals surface area contributed by atoms with E-state index in [2.05, 4.69) is 0 Å². The van der Waals surface area contributed by atoms with Crippen LogP contribution < -0.4 is 0 Å². The lowest BCUT2D eigenvalue weighted by molar-refractivity contribution is -0.145. The van der Waals surface area contributed by atoms with Gasteiger partial charge in [-0.25, -0.2) is 4.79 Å². The molecule has 1 fully saturated rings. The van der Waals surface area contributed by atoms with E-state index in [4.69, 9.17) is 16.5 Å². The van der Waals surface area contributed by atoms with Gasteiger partial charge < -0.3 is 14.5 Å². The zero-order valence-corrected chi connectivity index (χ0v) is 14.1. The summed E-state index contributed by atoms with van der Waals surface area (Å²) in [6.45, 7) is 3.89. The first-order valence-corrected chi connectivity index (χ1v) is 7.73. The first kappa shape index (κ1) is 16.7. The Labute approximate surface area is 136 Å². The van der Waals surface area contributed by atoms with Crippen molar-refractivity contribution in [2.75, 3.05) is 20.7 Å². The molecule has 2 atom stereocenters. The summed E-state index contributed by atoms with van der Waals surface area (Å²) >= 11 is 6.33. The van der Waals surface area contributed by atoms with Gasteiger partial charge in [-0.2, -0.15) is 0 Å². The van der Waals surface area contributed by atoms with Crippen LogP contribution in [0.3, 0.4) is 0 Å². The molecular weight excluding hydrogens is 306 g/mol. The van der Waals surface area contributed by atoms with Crippen molar-refractivity contribution in [2.24, 2.45) is 0 Å². The standard InChI is InChI=1S/C15H22ClN3O3/c1-5-22-15(21)12-9-18(16)13-11(8-17(3)4)7-6-10(2)19(13)14(12)20/h8-10,13H,5-7H2,1-4H3. The zero-order chi connectivity index (χ0) is 16.4. The van der Waals surface area contributed by atoms with E-state index in [-0.39, 0.29) is 30.3 Å². The third-order valence-electron chi connectivity index (χ3n) is 3.79. The van der Waals surface area contributed by atoms with Crippen molar-refractivity contribution in [2.45, 2.75) is 38.9 Å². The number of fused-ring (bicyclic) bond motifs is 1. The predicted molar refractivity (Wildman–Crippen MR) is 83.5 cm³/mol. The number of amides is 1. The lowest BCUT2D eigenvalue weighted by Gasteiger charge is -2.47. The van der Waals surface area contributed by atoms with E-state index in [1.807, 2.05) is 32.1 Å². The normalized spacial score (nSPS) is 26.7. The molecule has 1 amide bonds. The lowest BCUT2D eigenvalue weighted by Crippen LogP contribution is -2.58. The molecule has 2 aliphatic rings. The Bertz CT molecular complexity index is 530. The molecule has 2 rings (SSSR count). The number of carbonyl (C=O) groups is 2. The molecule has 0 N–H and O–H groups in total. The Morgan fingerprint density at radius 1 is 1.55 bits per heavy atom. The molecule has 6 nitrogen and oxygen atoms in total. The molecule has 0 radical (unpaired) electrons. The van der Waals surface area contributed by atoms with E-state index in [9.17, 15) is 9.59 Å². The summed E-state index contributed by atoms with van der Waals surface area (Å²) < 4.78 is 6.35. The summed E-state index contributed by atoms with van der Waals surface area (Å²) in [7, 11) is 3.86. The van der Waals surface area contributed by atoms with Crippen LogP contribution in [0.5, 0.6) is 0 Å². The summed E-state index contributed by atoms with van der Waals surface area (Å²) in [5, 5.41) is 0. The van der Waals surface area contributed by atoms with Crippen LogP contribution in [-0.4, -0.2) is 59.0 Å². The number of esters is 1. The van der Waals surface area contributed by atoms with Gasteiger partial charge in [-0.15, -0.1) is 0 Å². The Hall–Kier alpha value is -1.69. The highest BCUT2D eigenvalue weighted by molar-refractivity contribution is 6.20. The molecule has 7 heteroatoms. The number of hydrogen-bond acceptors (Lipinski definition) is 5. The first-order valence-electron chi connectivity index (χ1n) is 7.39. The van der Waals surface area contributed by atoms with Gasteiger partial charge in [0.2, 0.25) is 0 Å². The van der Waals surface area contributed by atoms with E-state index in [1.165, 1.54) is 10.6 Å². The number of piperidine rings is 1. The van der Waals surface area contributed by atoms with E-state index >= 15 is 0 Å². The molecular formula is C15H22ClN3O3. The zero-order valence-electron chi connectivity index (χ0n) is 13.4. The van der Waals surface area contributed by atoms with Crippen LogP contribution in [-0.2, 0) is 14.3 Å². The van der Waals surface area contributed by atoms with Gasteiger partial charge in [0.15, 0.2) is 0 Å². The van der Waals surface area contributed by atoms with E-state index in [0.717, 1.165) is 18.4 Å². The number of rotatable bonds is 3. The highest BCUT2D eigenvalue weighted by Crippen LogP contribution is 2.35. The third-order valence-corrected chi connectivity index (χ3v) is 4.07. The van der Waals surface area contributed by atoms with Crippen molar-refractivity contribution in [3.63, 3.8) is 0 Å². The van der Waals surface area contributed by atoms with Crippen molar-refractivity contribution in [3.05, 3.63) is 23.5 Å². The van der Waals surface area contributed by atoms with Crippen molar-refractivity contribution in [3.8, 4) is 0 Å². The highest BCUT2D eigenvalue weighted by Gasteiger charge is 2.44. The van der Waals surface area contributed by atoms with Crippen molar-refractivity contribution < 1.29 is 14.3 Å². The maximum atomic E-state index is 12.7. The van der Waals surface area contributed by atoms with E-state index in [1.54, 1.807) is 11.8 Å². The number of nitrogens with zero attached hydrogens (tertiary/aromatic N) is 3. The molecule has 22 heavy (non-hydrogen) atoms. The maximum Gasteiger partial charge on any atom is 0.345 e. The Balaban J connectivity index is 2.39. The Kier molecular flexibility index (Phi) is 5.01. The monoisotopic (exact) mass is 327 g/mol. The second-order valence-electron chi connectivity index (χ2n) is 5.75. The van der Waals surface area contributed by atoms with Crippen LogP contribution in [0.25, 0.3) is 0 Å². The molecule has 122 valence electrons. The third kappa shape index (κ3) is 3.06. The van der Waals surface area contributed by atoms with Crippen molar-refractivity contribution in [1.29, 1.82) is 0 Å². The minimum Gasteiger partial charge on any atom is -0.462 e. The molecule has 0 aromatic rings. The second-order valence-corrected chi connectivity index (χ2v) is 6.14. The quantitative estimate of drug-likeness (QED) is 0.448. The van der Waals surface area contributed by atoms with Crippen LogP contribution in [0.1, 0.15) is 26.7 Å². The van der Waals surface area contributed by atoms with Crippen molar-refractivity contribution >= 4 is 23.7 Å². The van der Waals surface area contributed by atoms with Crippen LogP contribution in [0.4, 0.5) is 0 Å². The van der Waals surface area contributed by atoms with Gasteiger partial charge in [0.05, 0.1) is 6.61 Å². The number of carbonyl (C=O) groups excluding carboxylic acids is 2. The maximum absolute atomic E-state index is 12.7. The van der Waals surface area contributed by atoms with Gasteiger partial charge in [-0.1, -0.05) is 0 Å². The molecule has 2 heterocycles. The SMILES string of the molecule is CCOC(=O)C1=CN(Cl)C2C(=CN(C)C)CCC(C)N2C1=O. The summed E-state index contributed by atoms with van der Waals surface area (Å²) in [4.78, 5) is 28.2. The predicted octanol–water partition coefficient (Wildman–Crippen LogP) is 1.69. The molecule has 0 aromatic heterocycles. The minimum atomic E-state index is -0.632. The summed E-state index contributed by atoms with van der Waals surface area (Å²) in [6, 6.07) is 0.0104. The lowest BCUT2D eigenvalue weighted by atomic mass is 9.93. The molecule has 0 bridgehead atoms. The van der Waals surface area contributed by atoms with Crippen LogP contribution in [0.15, 0.2) is 23.5 Å². The fraction of sp³-hybridized carbons (Fsp3) is 0.600.